The molecule has 1 heterocycles. The minimum absolute atomic E-state index is 0.497. The largest absolute Gasteiger partial charge is 0.397 e. The lowest BCUT2D eigenvalue weighted by Gasteiger charge is -2.34. The molecule has 1 atom stereocenters. The lowest BCUT2D eigenvalue weighted by Crippen LogP contribution is -2.49. The van der Waals surface area contributed by atoms with E-state index in [0.29, 0.717) is 6.04 Å². The monoisotopic (exact) mass is 225 g/mol. The minimum Gasteiger partial charge on any atom is -0.397 e. The van der Waals surface area contributed by atoms with Gasteiger partial charge in [-0.25, -0.2) is 0 Å². The molecule has 0 amide bonds. The van der Waals surface area contributed by atoms with E-state index in [0.717, 1.165) is 36.0 Å². The predicted octanol–water partition coefficient (Wildman–Crippen LogP) is 1.72. The number of nitrogens with one attached hydrogen (secondary N) is 1. The second kappa shape index (κ2) is 4.29. The highest BCUT2D eigenvalue weighted by atomic mass is 35.5. The van der Waals surface area contributed by atoms with E-state index in [9.17, 15) is 0 Å². The van der Waals surface area contributed by atoms with E-state index < -0.39 is 0 Å². The summed E-state index contributed by atoms with van der Waals surface area (Å²) >= 11 is 5.97. The van der Waals surface area contributed by atoms with Gasteiger partial charge in [-0.2, -0.15) is 0 Å². The Morgan fingerprint density at radius 3 is 3.07 bits per heavy atom. The Balaban J connectivity index is 2.24. The third-order valence-electron chi connectivity index (χ3n) is 2.70. The number of hydrogen-bond donors (Lipinski definition) is 2. The molecule has 0 spiro atoms. The van der Waals surface area contributed by atoms with Crippen molar-refractivity contribution in [2.45, 2.75) is 13.0 Å². The minimum atomic E-state index is 0.497. The average molecular weight is 226 g/mol. The molecule has 1 saturated heterocycles. The van der Waals surface area contributed by atoms with Crippen LogP contribution in [0.3, 0.4) is 0 Å². The summed E-state index contributed by atoms with van der Waals surface area (Å²) in [5.74, 6) is 0. The van der Waals surface area contributed by atoms with Crippen molar-refractivity contribution in [2.24, 2.45) is 0 Å². The Morgan fingerprint density at radius 2 is 2.33 bits per heavy atom. The van der Waals surface area contributed by atoms with E-state index in [-0.39, 0.29) is 0 Å². The van der Waals surface area contributed by atoms with Gasteiger partial charge in [0.25, 0.3) is 0 Å². The number of piperazine rings is 1. The Kier molecular flexibility index (Phi) is 3.03. The molecule has 3 nitrogen and oxygen atoms in total. The van der Waals surface area contributed by atoms with Gasteiger partial charge in [-0.1, -0.05) is 11.6 Å². The van der Waals surface area contributed by atoms with Crippen molar-refractivity contribution >= 4 is 23.0 Å². The molecule has 0 aromatic heterocycles. The molecule has 0 bridgehead atoms. The summed E-state index contributed by atoms with van der Waals surface area (Å²) in [4.78, 5) is 2.28. The normalized spacial score (nSPS) is 21.7. The molecule has 3 N–H and O–H groups in total. The number of benzene rings is 1. The number of nitrogen functional groups attached to an aromatic ring is 1. The van der Waals surface area contributed by atoms with Gasteiger partial charge in [-0.15, -0.1) is 0 Å². The first-order valence-electron chi connectivity index (χ1n) is 5.20. The molecule has 0 aliphatic carbocycles. The fourth-order valence-corrected chi connectivity index (χ4v) is 2.11. The van der Waals surface area contributed by atoms with Gasteiger partial charge in [0.1, 0.15) is 0 Å². The molecule has 1 aromatic carbocycles. The van der Waals surface area contributed by atoms with Crippen LogP contribution in [0.15, 0.2) is 18.2 Å². The molecule has 0 unspecified atom stereocenters. The first-order valence-corrected chi connectivity index (χ1v) is 5.58. The number of anilines is 2. The van der Waals surface area contributed by atoms with Gasteiger partial charge in [0.05, 0.1) is 11.4 Å². The highest BCUT2D eigenvalue weighted by Crippen LogP contribution is 2.27. The first kappa shape index (κ1) is 10.6. The molecule has 1 fully saturated rings. The van der Waals surface area contributed by atoms with Crippen LogP contribution in [-0.4, -0.2) is 25.7 Å². The zero-order valence-corrected chi connectivity index (χ0v) is 9.59. The zero-order valence-electron chi connectivity index (χ0n) is 8.83. The van der Waals surface area contributed by atoms with Gasteiger partial charge < -0.3 is 16.0 Å². The Labute approximate surface area is 95.2 Å². The van der Waals surface area contributed by atoms with Crippen molar-refractivity contribution in [1.29, 1.82) is 0 Å². The average Bonchev–Trinajstić information content (AvgIpc) is 2.22. The van der Waals surface area contributed by atoms with Crippen LogP contribution in [0.2, 0.25) is 5.02 Å². The summed E-state index contributed by atoms with van der Waals surface area (Å²) in [6.07, 6.45) is 0. The summed E-state index contributed by atoms with van der Waals surface area (Å²) in [7, 11) is 0. The molecule has 2 rings (SSSR count). The summed E-state index contributed by atoms with van der Waals surface area (Å²) in [6.45, 7) is 5.12. The molecule has 1 aliphatic rings. The summed E-state index contributed by atoms with van der Waals surface area (Å²) < 4.78 is 0. The number of halogens is 1. The second-order valence-corrected chi connectivity index (χ2v) is 4.44. The second-order valence-electron chi connectivity index (χ2n) is 4.00. The van der Waals surface area contributed by atoms with Crippen LogP contribution < -0.4 is 16.0 Å². The molecule has 0 radical (unpaired) electrons. The standard InChI is InChI=1S/C11H16ClN3/c1-8-7-15(5-4-14-8)11-6-9(12)2-3-10(11)13/h2-3,6,8,14H,4-5,7,13H2,1H3/t8-/m1/s1. The first-order chi connectivity index (χ1) is 7.16. The topological polar surface area (TPSA) is 41.3 Å². The number of nitrogens with two attached hydrogens (primary N) is 1. The van der Waals surface area contributed by atoms with Crippen LogP contribution in [0.5, 0.6) is 0 Å². The molecular weight excluding hydrogens is 210 g/mol. The maximum absolute atomic E-state index is 5.97. The summed E-state index contributed by atoms with van der Waals surface area (Å²) in [5.41, 5.74) is 7.80. The highest BCUT2D eigenvalue weighted by molar-refractivity contribution is 6.31. The van der Waals surface area contributed by atoms with Gasteiger partial charge in [0.15, 0.2) is 0 Å². The van der Waals surface area contributed by atoms with Gasteiger partial charge in [0, 0.05) is 30.7 Å². The van der Waals surface area contributed by atoms with Crippen molar-refractivity contribution in [3.63, 3.8) is 0 Å². The van der Waals surface area contributed by atoms with Gasteiger partial charge in [-0.05, 0) is 25.1 Å². The Hall–Kier alpha value is -0.930. The van der Waals surface area contributed by atoms with Crippen LogP contribution >= 0.6 is 11.6 Å². The van der Waals surface area contributed by atoms with E-state index in [4.69, 9.17) is 17.3 Å². The lowest BCUT2D eigenvalue weighted by molar-refractivity contribution is 0.485. The zero-order chi connectivity index (χ0) is 10.8. The lowest BCUT2D eigenvalue weighted by atomic mass is 10.2. The molecule has 15 heavy (non-hydrogen) atoms. The maximum atomic E-state index is 5.97. The molecular formula is C11H16ClN3. The van der Waals surface area contributed by atoms with E-state index in [2.05, 4.69) is 17.1 Å². The fourth-order valence-electron chi connectivity index (χ4n) is 1.94. The number of rotatable bonds is 1. The van der Waals surface area contributed by atoms with E-state index in [1.165, 1.54) is 0 Å². The maximum Gasteiger partial charge on any atom is 0.0615 e. The number of hydrogen-bond acceptors (Lipinski definition) is 3. The third-order valence-corrected chi connectivity index (χ3v) is 2.94. The number of nitrogens with zero attached hydrogens (tertiary/aromatic N) is 1. The van der Waals surface area contributed by atoms with Gasteiger partial charge >= 0.3 is 0 Å². The van der Waals surface area contributed by atoms with Crippen molar-refractivity contribution in [3.05, 3.63) is 23.2 Å². The van der Waals surface area contributed by atoms with E-state index in [1.807, 2.05) is 18.2 Å². The van der Waals surface area contributed by atoms with Crippen LogP contribution in [0.1, 0.15) is 6.92 Å². The van der Waals surface area contributed by atoms with Crippen molar-refractivity contribution in [2.75, 3.05) is 30.3 Å². The molecule has 4 heteroatoms. The van der Waals surface area contributed by atoms with Crippen LogP contribution in [0.4, 0.5) is 11.4 Å². The SMILES string of the molecule is C[C@@H]1CN(c2cc(Cl)ccc2N)CCN1. The summed E-state index contributed by atoms with van der Waals surface area (Å²) in [5, 5.41) is 4.14. The molecule has 0 saturated carbocycles. The molecule has 1 aromatic rings. The summed E-state index contributed by atoms with van der Waals surface area (Å²) in [6, 6.07) is 6.13. The third kappa shape index (κ3) is 2.36. The van der Waals surface area contributed by atoms with E-state index >= 15 is 0 Å². The van der Waals surface area contributed by atoms with Gasteiger partial charge in [0.2, 0.25) is 0 Å². The van der Waals surface area contributed by atoms with E-state index in [1.54, 1.807) is 0 Å². The van der Waals surface area contributed by atoms with Crippen LogP contribution in [-0.2, 0) is 0 Å². The highest BCUT2D eigenvalue weighted by Gasteiger charge is 2.17. The smallest absolute Gasteiger partial charge is 0.0615 e. The molecule has 82 valence electrons. The van der Waals surface area contributed by atoms with Gasteiger partial charge in [-0.3, -0.25) is 0 Å². The Bertz CT molecular complexity index is 354. The Morgan fingerprint density at radius 1 is 1.53 bits per heavy atom. The van der Waals surface area contributed by atoms with Crippen molar-refractivity contribution in [3.8, 4) is 0 Å². The van der Waals surface area contributed by atoms with Crippen LogP contribution in [0.25, 0.3) is 0 Å². The predicted molar refractivity (Wildman–Crippen MR) is 65.5 cm³/mol. The van der Waals surface area contributed by atoms with Crippen molar-refractivity contribution < 1.29 is 0 Å². The van der Waals surface area contributed by atoms with Crippen LogP contribution in [0, 0.1) is 0 Å². The molecule has 1 aliphatic heterocycles. The fraction of sp³-hybridized carbons (Fsp3) is 0.455. The van der Waals surface area contributed by atoms with Crippen molar-refractivity contribution in [1.82, 2.24) is 5.32 Å². The quantitative estimate of drug-likeness (QED) is 0.716.